The van der Waals surface area contributed by atoms with Gasteiger partial charge in [-0.15, -0.1) is 0 Å². The van der Waals surface area contributed by atoms with Gasteiger partial charge in [0.15, 0.2) is 0 Å². The van der Waals surface area contributed by atoms with Crippen molar-refractivity contribution in [1.82, 2.24) is 0 Å². The van der Waals surface area contributed by atoms with Gasteiger partial charge in [0.1, 0.15) is 0 Å². The van der Waals surface area contributed by atoms with Crippen molar-refractivity contribution in [3.05, 3.63) is 149 Å². The van der Waals surface area contributed by atoms with Gasteiger partial charge in [-0.2, -0.15) is 0 Å². The van der Waals surface area contributed by atoms with E-state index in [1.165, 1.54) is 97.6 Å². The lowest BCUT2D eigenvalue weighted by atomic mass is 9.33. The van der Waals surface area contributed by atoms with E-state index in [9.17, 15) is 0 Å². The third kappa shape index (κ3) is 6.05. The van der Waals surface area contributed by atoms with E-state index in [4.69, 9.17) is 0 Å². The van der Waals surface area contributed by atoms with E-state index in [-0.39, 0.29) is 33.9 Å². The monoisotopic (exact) mass is 816 g/mol. The summed E-state index contributed by atoms with van der Waals surface area (Å²) < 4.78 is 0. The summed E-state index contributed by atoms with van der Waals surface area (Å²) in [4.78, 5) is 8.05. The molecule has 6 aromatic carbocycles. The van der Waals surface area contributed by atoms with E-state index in [1.54, 1.807) is 5.56 Å². The van der Waals surface area contributed by atoms with Crippen molar-refractivity contribution in [2.24, 2.45) is 0 Å². The van der Waals surface area contributed by atoms with Gasteiger partial charge in [0.05, 0.1) is 11.2 Å². The Kier molecular flexibility index (Phi) is 8.98. The van der Waals surface area contributed by atoms with Crippen LogP contribution in [0.2, 0.25) is 0 Å². The highest BCUT2D eigenvalue weighted by Gasteiger charge is 2.61. The Morgan fingerprint density at radius 3 is 1.73 bits per heavy atom. The number of anilines is 8. The number of hydrogen-bond acceptors (Lipinski definition) is 3. The molecule has 0 spiro atoms. The van der Waals surface area contributed by atoms with E-state index >= 15 is 0 Å². The standard InChI is InChI=1S/C58H66BN3/c1-37-19-24-42(25-20-37)60(43-26-21-38(2)22-27-43)45-35-50-52-51(36-45)62-53-46(57(12)29-14-15-30-58(57,62)13)32-41(56(9,10)11)33-48(53)59(52)47-28-23-40(55(6,7)8)34-49(47)61(50)44-18-16-17-39(31-44)54(3,4)5/h16-28,31-36H,14-15,29-30H2,1-13H3. The van der Waals surface area contributed by atoms with Crippen molar-refractivity contribution in [1.29, 1.82) is 0 Å². The largest absolute Gasteiger partial charge is 0.335 e. The molecule has 3 heterocycles. The maximum atomic E-state index is 2.89. The first-order valence-electron chi connectivity index (χ1n) is 23.3. The van der Waals surface area contributed by atoms with Crippen LogP contribution in [0.3, 0.4) is 0 Å². The summed E-state index contributed by atoms with van der Waals surface area (Å²) in [5.74, 6) is 0. The SMILES string of the molecule is Cc1ccc(N(c2ccc(C)cc2)c2cc3c4c(c2)N2c5c(cc(C(C)(C)C)cc5C5(C)CCCCC25C)B4c2ccc(C(C)(C)C)cc2N3c2cccc(C(C)(C)C)c2)cc1. The Hall–Kier alpha value is -5.22. The van der Waals surface area contributed by atoms with Crippen LogP contribution >= 0.6 is 0 Å². The van der Waals surface area contributed by atoms with Crippen LogP contribution in [-0.2, 0) is 21.7 Å². The molecule has 0 amide bonds. The van der Waals surface area contributed by atoms with Gasteiger partial charge in [0, 0.05) is 45.2 Å². The van der Waals surface area contributed by atoms with Crippen LogP contribution in [0, 0.1) is 13.8 Å². The first kappa shape index (κ1) is 40.8. The minimum Gasteiger partial charge on any atom is -0.335 e. The first-order chi connectivity index (χ1) is 29.2. The fraction of sp³-hybridized carbons (Fsp3) is 0.379. The molecule has 1 fully saturated rings. The van der Waals surface area contributed by atoms with Gasteiger partial charge in [-0.1, -0.05) is 154 Å². The number of hydrogen-bond donors (Lipinski definition) is 0. The normalized spacial score (nSPS) is 20.1. The molecular formula is C58H66BN3. The summed E-state index contributed by atoms with van der Waals surface area (Å²) in [5, 5.41) is 0. The van der Waals surface area contributed by atoms with Crippen molar-refractivity contribution in [2.75, 3.05) is 14.7 Å². The quantitative estimate of drug-likeness (QED) is 0.164. The van der Waals surface area contributed by atoms with Gasteiger partial charge in [-0.3, -0.25) is 0 Å². The second-order valence-corrected chi connectivity index (χ2v) is 22.9. The van der Waals surface area contributed by atoms with Crippen molar-refractivity contribution in [2.45, 2.75) is 143 Å². The molecule has 316 valence electrons. The predicted octanol–water partition coefficient (Wildman–Crippen LogP) is 14.0. The average Bonchev–Trinajstić information content (AvgIpc) is 3.43. The molecule has 6 aromatic rings. The highest BCUT2D eigenvalue weighted by atomic mass is 15.3. The van der Waals surface area contributed by atoms with E-state index in [1.807, 2.05) is 0 Å². The molecule has 1 saturated carbocycles. The van der Waals surface area contributed by atoms with E-state index in [0.717, 1.165) is 17.8 Å². The summed E-state index contributed by atoms with van der Waals surface area (Å²) >= 11 is 0. The number of rotatable bonds is 4. The topological polar surface area (TPSA) is 9.72 Å². The lowest BCUT2D eigenvalue weighted by Gasteiger charge is -2.53. The number of nitrogens with zero attached hydrogens (tertiary/aromatic N) is 3. The molecule has 4 aliphatic rings. The minimum absolute atomic E-state index is 0.000224. The third-order valence-electron chi connectivity index (χ3n) is 15.6. The lowest BCUT2D eigenvalue weighted by Crippen LogP contribution is -2.64. The molecule has 10 rings (SSSR count). The fourth-order valence-corrected chi connectivity index (χ4v) is 11.6. The van der Waals surface area contributed by atoms with Gasteiger partial charge < -0.3 is 14.7 Å². The Morgan fingerprint density at radius 2 is 1.11 bits per heavy atom. The molecule has 0 N–H and O–H groups in total. The minimum atomic E-state index is -0.0951. The van der Waals surface area contributed by atoms with E-state index < -0.39 is 0 Å². The summed E-state index contributed by atoms with van der Waals surface area (Å²) in [6, 6.07) is 45.5. The smallest absolute Gasteiger partial charge is 0.252 e. The van der Waals surface area contributed by atoms with Gasteiger partial charge in [0.2, 0.25) is 0 Å². The maximum Gasteiger partial charge on any atom is 0.252 e. The van der Waals surface area contributed by atoms with Crippen LogP contribution < -0.4 is 31.1 Å². The van der Waals surface area contributed by atoms with Crippen molar-refractivity contribution < 1.29 is 0 Å². The van der Waals surface area contributed by atoms with Crippen molar-refractivity contribution >= 4 is 68.6 Å². The zero-order chi connectivity index (χ0) is 43.9. The van der Waals surface area contributed by atoms with Crippen LogP contribution in [0.1, 0.15) is 135 Å². The molecule has 0 bridgehead atoms. The molecule has 3 aliphatic heterocycles. The second-order valence-electron chi connectivity index (χ2n) is 22.9. The first-order valence-corrected chi connectivity index (χ1v) is 23.3. The molecule has 0 radical (unpaired) electrons. The molecule has 2 unspecified atom stereocenters. The zero-order valence-electron chi connectivity index (χ0n) is 39.7. The van der Waals surface area contributed by atoms with Gasteiger partial charge in [-0.05, 0) is 143 Å². The van der Waals surface area contributed by atoms with Gasteiger partial charge in [0.25, 0.3) is 6.71 Å². The number of fused-ring (bicyclic) bond motifs is 7. The van der Waals surface area contributed by atoms with Crippen LogP contribution in [0.25, 0.3) is 0 Å². The molecule has 0 aromatic heterocycles. The molecular weight excluding hydrogens is 749 g/mol. The van der Waals surface area contributed by atoms with Gasteiger partial charge >= 0.3 is 0 Å². The van der Waals surface area contributed by atoms with Crippen LogP contribution in [0.4, 0.5) is 45.5 Å². The summed E-state index contributed by atoms with van der Waals surface area (Å²) in [6.07, 6.45) is 4.87. The number of benzene rings is 6. The molecule has 2 atom stereocenters. The van der Waals surface area contributed by atoms with Crippen molar-refractivity contribution in [3.63, 3.8) is 0 Å². The van der Waals surface area contributed by atoms with E-state index in [2.05, 4.69) is 220 Å². The van der Waals surface area contributed by atoms with Crippen molar-refractivity contribution in [3.8, 4) is 0 Å². The lowest BCUT2D eigenvalue weighted by molar-refractivity contribution is 0.195. The molecule has 4 heteroatoms. The predicted molar refractivity (Wildman–Crippen MR) is 269 cm³/mol. The third-order valence-corrected chi connectivity index (χ3v) is 15.6. The Bertz CT molecular complexity index is 2710. The fourth-order valence-electron chi connectivity index (χ4n) is 11.6. The maximum absolute atomic E-state index is 2.89. The Morgan fingerprint density at radius 1 is 0.532 bits per heavy atom. The Balaban J connectivity index is 1.37. The van der Waals surface area contributed by atoms with Crippen LogP contribution in [0.15, 0.2) is 115 Å². The highest BCUT2D eigenvalue weighted by molar-refractivity contribution is 7.00. The van der Waals surface area contributed by atoms with Crippen LogP contribution in [0.5, 0.6) is 0 Å². The summed E-state index contributed by atoms with van der Waals surface area (Å²) in [6.45, 7) is 31.0. The molecule has 62 heavy (non-hydrogen) atoms. The highest BCUT2D eigenvalue weighted by Crippen LogP contribution is 2.62. The van der Waals surface area contributed by atoms with Gasteiger partial charge in [-0.25, -0.2) is 0 Å². The Labute approximate surface area is 373 Å². The molecule has 1 aliphatic carbocycles. The van der Waals surface area contributed by atoms with Crippen LogP contribution in [-0.4, -0.2) is 12.3 Å². The summed E-state index contributed by atoms with van der Waals surface area (Å²) in [5.41, 5.74) is 22.5. The summed E-state index contributed by atoms with van der Waals surface area (Å²) in [7, 11) is 0. The zero-order valence-corrected chi connectivity index (χ0v) is 39.7. The average molecular weight is 816 g/mol. The number of aryl methyl sites for hydroxylation is 2. The van der Waals surface area contributed by atoms with E-state index in [0.29, 0.717) is 0 Å². The molecule has 3 nitrogen and oxygen atoms in total. The molecule has 0 saturated heterocycles. The second kappa shape index (κ2) is 13.6.